The largest absolute Gasteiger partial charge is 0.343 e. The second-order valence-electron chi connectivity index (χ2n) is 6.56. The summed E-state index contributed by atoms with van der Waals surface area (Å²) in [5.74, 6) is 0.350. The van der Waals surface area contributed by atoms with E-state index in [1.165, 1.54) is 51.4 Å². The summed E-state index contributed by atoms with van der Waals surface area (Å²) >= 11 is 0. The third-order valence-corrected chi connectivity index (χ3v) is 5.35. The Hall–Kier alpha value is -0.570. The highest BCUT2D eigenvalue weighted by molar-refractivity contribution is 5.77. The summed E-state index contributed by atoms with van der Waals surface area (Å²) in [6, 6.07) is 0.499. The monoisotopic (exact) mass is 266 g/mol. The van der Waals surface area contributed by atoms with Gasteiger partial charge < -0.3 is 10.2 Å². The van der Waals surface area contributed by atoms with Crippen molar-refractivity contribution in [2.24, 2.45) is 0 Å². The van der Waals surface area contributed by atoms with E-state index in [0.717, 1.165) is 12.8 Å². The van der Waals surface area contributed by atoms with Crippen LogP contribution in [0, 0.1) is 0 Å². The standard InChI is InChI=1S/C16H30N2O/c1-17-16(11-7-4-8-12-16)13-15(19)18(2)14-9-5-3-6-10-14/h14,17H,3-13H2,1-2H3. The first-order chi connectivity index (χ1) is 9.17. The first-order valence-corrected chi connectivity index (χ1v) is 8.11. The van der Waals surface area contributed by atoms with Gasteiger partial charge in [0.05, 0.1) is 0 Å². The Morgan fingerprint density at radius 3 is 2.26 bits per heavy atom. The van der Waals surface area contributed by atoms with E-state index in [0.29, 0.717) is 18.4 Å². The Balaban J connectivity index is 1.90. The normalized spacial score (nSPS) is 24.1. The summed E-state index contributed by atoms with van der Waals surface area (Å²) in [5, 5.41) is 3.46. The van der Waals surface area contributed by atoms with E-state index < -0.39 is 0 Å². The van der Waals surface area contributed by atoms with Crippen molar-refractivity contribution in [3.05, 3.63) is 0 Å². The number of amides is 1. The van der Waals surface area contributed by atoms with Crippen LogP contribution in [0.4, 0.5) is 0 Å². The molecule has 2 aliphatic carbocycles. The minimum absolute atomic E-state index is 0.0816. The Morgan fingerprint density at radius 1 is 1.11 bits per heavy atom. The van der Waals surface area contributed by atoms with Crippen LogP contribution in [0.25, 0.3) is 0 Å². The molecule has 0 bridgehead atoms. The molecule has 2 fully saturated rings. The Bertz CT molecular complexity index is 291. The average molecular weight is 266 g/mol. The zero-order chi connectivity index (χ0) is 13.7. The van der Waals surface area contributed by atoms with E-state index in [1.54, 1.807) is 0 Å². The molecule has 0 aromatic carbocycles. The number of carbonyl (C=O) groups is 1. The van der Waals surface area contributed by atoms with Gasteiger partial charge in [0.15, 0.2) is 0 Å². The molecule has 3 nitrogen and oxygen atoms in total. The van der Waals surface area contributed by atoms with Gasteiger partial charge in [-0.3, -0.25) is 4.79 Å². The molecule has 1 N–H and O–H groups in total. The molecule has 0 heterocycles. The molecule has 110 valence electrons. The van der Waals surface area contributed by atoms with Gasteiger partial charge in [0, 0.05) is 25.0 Å². The average Bonchev–Trinajstić information content (AvgIpc) is 2.48. The van der Waals surface area contributed by atoms with Gasteiger partial charge in [-0.15, -0.1) is 0 Å². The third kappa shape index (κ3) is 3.71. The first kappa shape index (κ1) is 14.8. The summed E-state index contributed by atoms with van der Waals surface area (Å²) in [4.78, 5) is 14.6. The van der Waals surface area contributed by atoms with Crippen molar-refractivity contribution < 1.29 is 4.79 Å². The van der Waals surface area contributed by atoms with Gasteiger partial charge in [-0.25, -0.2) is 0 Å². The van der Waals surface area contributed by atoms with Crippen LogP contribution < -0.4 is 5.32 Å². The summed E-state index contributed by atoms with van der Waals surface area (Å²) in [6.45, 7) is 0. The molecule has 0 spiro atoms. The second-order valence-corrected chi connectivity index (χ2v) is 6.56. The van der Waals surface area contributed by atoms with Gasteiger partial charge in [0.25, 0.3) is 0 Å². The van der Waals surface area contributed by atoms with Crippen LogP contribution in [0.1, 0.15) is 70.6 Å². The number of hydrogen-bond donors (Lipinski definition) is 1. The van der Waals surface area contributed by atoms with Crippen LogP contribution >= 0.6 is 0 Å². The van der Waals surface area contributed by atoms with Crippen LogP contribution in [0.3, 0.4) is 0 Å². The lowest BCUT2D eigenvalue weighted by Crippen LogP contribution is -2.50. The molecule has 2 aliphatic rings. The van der Waals surface area contributed by atoms with Gasteiger partial charge in [-0.2, -0.15) is 0 Å². The zero-order valence-electron chi connectivity index (χ0n) is 12.7. The minimum Gasteiger partial charge on any atom is -0.343 e. The molecular formula is C16H30N2O. The van der Waals surface area contributed by atoms with E-state index >= 15 is 0 Å². The van der Waals surface area contributed by atoms with Crippen molar-refractivity contribution in [1.29, 1.82) is 0 Å². The molecule has 0 atom stereocenters. The van der Waals surface area contributed by atoms with Gasteiger partial charge >= 0.3 is 0 Å². The lowest BCUT2D eigenvalue weighted by atomic mass is 9.79. The van der Waals surface area contributed by atoms with Crippen molar-refractivity contribution in [2.75, 3.05) is 14.1 Å². The molecule has 19 heavy (non-hydrogen) atoms. The van der Waals surface area contributed by atoms with Gasteiger partial charge in [0.2, 0.25) is 5.91 Å². The van der Waals surface area contributed by atoms with Crippen molar-refractivity contribution in [3.8, 4) is 0 Å². The third-order valence-electron chi connectivity index (χ3n) is 5.35. The fraction of sp³-hybridized carbons (Fsp3) is 0.938. The number of nitrogens with one attached hydrogen (secondary N) is 1. The van der Waals surface area contributed by atoms with E-state index in [4.69, 9.17) is 0 Å². The molecule has 2 rings (SSSR count). The maximum atomic E-state index is 12.6. The van der Waals surface area contributed by atoms with E-state index in [-0.39, 0.29) is 5.54 Å². The van der Waals surface area contributed by atoms with E-state index in [1.807, 2.05) is 19.0 Å². The van der Waals surface area contributed by atoms with Crippen LogP contribution in [-0.4, -0.2) is 36.5 Å². The molecule has 2 saturated carbocycles. The summed E-state index contributed by atoms with van der Waals surface area (Å²) < 4.78 is 0. The van der Waals surface area contributed by atoms with Crippen LogP contribution in [0.15, 0.2) is 0 Å². The van der Waals surface area contributed by atoms with Gasteiger partial charge in [-0.1, -0.05) is 38.5 Å². The Kier molecular flexibility index (Phi) is 5.26. The van der Waals surface area contributed by atoms with Crippen LogP contribution in [0.2, 0.25) is 0 Å². The van der Waals surface area contributed by atoms with Gasteiger partial charge in [-0.05, 0) is 32.7 Å². The van der Waals surface area contributed by atoms with E-state index in [9.17, 15) is 4.79 Å². The molecule has 0 radical (unpaired) electrons. The Labute approximate surface area is 118 Å². The predicted molar refractivity (Wildman–Crippen MR) is 79.1 cm³/mol. The highest BCUT2D eigenvalue weighted by atomic mass is 16.2. The van der Waals surface area contributed by atoms with E-state index in [2.05, 4.69) is 5.32 Å². The summed E-state index contributed by atoms with van der Waals surface area (Å²) in [6.07, 6.45) is 13.2. The fourth-order valence-electron chi connectivity index (χ4n) is 3.83. The minimum atomic E-state index is 0.0816. The van der Waals surface area contributed by atoms with Crippen molar-refractivity contribution >= 4 is 5.91 Å². The number of rotatable bonds is 4. The number of carbonyl (C=O) groups excluding carboxylic acids is 1. The first-order valence-electron chi connectivity index (χ1n) is 8.11. The predicted octanol–water partition coefficient (Wildman–Crippen LogP) is 3.09. The van der Waals surface area contributed by atoms with Crippen molar-refractivity contribution in [1.82, 2.24) is 10.2 Å². The highest BCUT2D eigenvalue weighted by Crippen LogP contribution is 2.32. The van der Waals surface area contributed by atoms with Gasteiger partial charge in [0.1, 0.15) is 0 Å². The fourth-order valence-corrected chi connectivity index (χ4v) is 3.83. The molecule has 0 saturated heterocycles. The SMILES string of the molecule is CNC1(CC(=O)N(C)C2CCCCC2)CCCCC1. The lowest BCUT2D eigenvalue weighted by molar-refractivity contribution is -0.134. The number of hydrogen-bond acceptors (Lipinski definition) is 2. The lowest BCUT2D eigenvalue weighted by Gasteiger charge is -2.39. The van der Waals surface area contributed by atoms with Crippen LogP contribution in [-0.2, 0) is 4.79 Å². The number of nitrogens with zero attached hydrogens (tertiary/aromatic N) is 1. The quantitative estimate of drug-likeness (QED) is 0.848. The highest BCUT2D eigenvalue weighted by Gasteiger charge is 2.34. The molecule has 0 unspecified atom stereocenters. The van der Waals surface area contributed by atoms with Crippen molar-refractivity contribution in [3.63, 3.8) is 0 Å². The smallest absolute Gasteiger partial charge is 0.224 e. The second kappa shape index (κ2) is 6.74. The molecule has 0 aliphatic heterocycles. The van der Waals surface area contributed by atoms with Crippen molar-refractivity contribution in [2.45, 2.75) is 82.2 Å². The Morgan fingerprint density at radius 2 is 1.68 bits per heavy atom. The molecule has 0 aromatic heterocycles. The van der Waals surface area contributed by atoms with Crippen LogP contribution in [0.5, 0.6) is 0 Å². The molecule has 3 heteroatoms. The zero-order valence-corrected chi connectivity index (χ0v) is 12.7. The maximum Gasteiger partial charge on any atom is 0.224 e. The summed E-state index contributed by atoms with van der Waals surface area (Å²) in [7, 11) is 4.05. The topological polar surface area (TPSA) is 32.3 Å². The summed E-state index contributed by atoms with van der Waals surface area (Å²) in [5.41, 5.74) is 0.0816. The molecule has 0 aromatic rings. The molecule has 1 amide bonds. The maximum absolute atomic E-state index is 12.6. The molecular weight excluding hydrogens is 236 g/mol.